The number of rotatable bonds is 5. The van der Waals surface area contributed by atoms with Gasteiger partial charge in [0, 0.05) is 19.2 Å². The van der Waals surface area contributed by atoms with Crippen molar-refractivity contribution in [1.29, 1.82) is 0 Å². The van der Waals surface area contributed by atoms with Gasteiger partial charge in [-0.2, -0.15) is 5.10 Å². The first-order valence-electron chi connectivity index (χ1n) is 8.82. The van der Waals surface area contributed by atoms with Crippen LogP contribution in [0.2, 0.25) is 0 Å². The molecule has 134 valence electrons. The first-order chi connectivity index (χ1) is 12.0. The topological polar surface area (TPSA) is 84.4 Å². The van der Waals surface area contributed by atoms with Crippen molar-refractivity contribution in [2.75, 3.05) is 18.8 Å². The number of hydrogen-bond donors (Lipinski definition) is 2. The number of anilines is 1. The molecule has 0 spiro atoms. The minimum Gasteiger partial charge on any atom is -0.392 e. The number of nitrogens with zero attached hydrogens (tertiary/aromatic N) is 3. The molecule has 25 heavy (non-hydrogen) atoms. The summed E-state index contributed by atoms with van der Waals surface area (Å²) in [5, 5.41) is 14.7. The SMILES string of the molecule is Cc1cc(N)n(CC(=O)N2CCC([C@H](O)Cc3ccccc3)CC2)n1. The highest BCUT2D eigenvalue weighted by atomic mass is 16.3. The maximum absolute atomic E-state index is 12.4. The Bertz CT molecular complexity index is 705. The van der Waals surface area contributed by atoms with E-state index in [4.69, 9.17) is 5.73 Å². The summed E-state index contributed by atoms with van der Waals surface area (Å²) >= 11 is 0. The molecule has 2 aromatic rings. The number of aromatic nitrogens is 2. The minimum atomic E-state index is -0.357. The molecule has 1 fully saturated rings. The predicted molar refractivity (Wildman–Crippen MR) is 96.8 cm³/mol. The average Bonchev–Trinajstić information content (AvgIpc) is 2.93. The van der Waals surface area contributed by atoms with Crippen LogP contribution in [0.1, 0.15) is 24.1 Å². The zero-order chi connectivity index (χ0) is 17.8. The molecule has 0 bridgehead atoms. The number of aliphatic hydroxyl groups excluding tert-OH is 1. The minimum absolute atomic E-state index is 0.0331. The van der Waals surface area contributed by atoms with E-state index >= 15 is 0 Å². The zero-order valence-corrected chi connectivity index (χ0v) is 14.6. The number of likely N-dealkylation sites (tertiary alicyclic amines) is 1. The average molecular weight is 342 g/mol. The molecule has 3 N–H and O–H groups in total. The van der Waals surface area contributed by atoms with Crippen LogP contribution in [0.3, 0.4) is 0 Å². The molecule has 1 amide bonds. The van der Waals surface area contributed by atoms with E-state index in [1.807, 2.05) is 42.2 Å². The lowest BCUT2D eigenvalue weighted by Crippen LogP contribution is -2.43. The second kappa shape index (κ2) is 7.70. The lowest BCUT2D eigenvalue weighted by atomic mass is 9.88. The van der Waals surface area contributed by atoms with Crippen molar-refractivity contribution in [2.24, 2.45) is 5.92 Å². The van der Waals surface area contributed by atoms with Gasteiger partial charge in [-0.15, -0.1) is 0 Å². The fourth-order valence-electron chi connectivity index (χ4n) is 3.48. The van der Waals surface area contributed by atoms with Crippen molar-refractivity contribution in [3.05, 3.63) is 47.7 Å². The van der Waals surface area contributed by atoms with Crippen molar-refractivity contribution in [3.63, 3.8) is 0 Å². The Kier molecular flexibility index (Phi) is 5.38. The van der Waals surface area contributed by atoms with E-state index in [2.05, 4.69) is 5.10 Å². The van der Waals surface area contributed by atoms with E-state index in [9.17, 15) is 9.90 Å². The monoisotopic (exact) mass is 342 g/mol. The van der Waals surface area contributed by atoms with Crippen molar-refractivity contribution in [2.45, 2.75) is 38.8 Å². The smallest absolute Gasteiger partial charge is 0.244 e. The summed E-state index contributed by atoms with van der Waals surface area (Å²) in [6, 6.07) is 11.8. The summed E-state index contributed by atoms with van der Waals surface area (Å²) in [6.07, 6.45) is 1.97. The molecule has 1 atom stereocenters. The molecule has 3 rings (SSSR count). The van der Waals surface area contributed by atoms with Gasteiger partial charge in [-0.25, -0.2) is 4.68 Å². The Morgan fingerprint density at radius 1 is 1.32 bits per heavy atom. The quantitative estimate of drug-likeness (QED) is 0.865. The van der Waals surface area contributed by atoms with Crippen molar-refractivity contribution in [1.82, 2.24) is 14.7 Å². The molecule has 0 radical (unpaired) electrons. The summed E-state index contributed by atoms with van der Waals surface area (Å²) < 4.78 is 1.55. The van der Waals surface area contributed by atoms with Gasteiger partial charge in [0.05, 0.1) is 11.8 Å². The standard InChI is InChI=1S/C19H26N4O2/c1-14-11-18(20)23(21-14)13-19(25)22-9-7-16(8-10-22)17(24)12-15-5-3-2-4-6-15/h2-6,11,16-17,24H,7-10,12-13,20H2,1H3/t17-/m1/s1. The molecule has 1 saturated heterocycles. The first-order valence-corrected chi connectivity index (χ1v) is 8.82. The molecule has 0 saturated carbocycles. The fourth-order valence-corrected chi connectivity index (χ4v) is 3.48. The van der Waals surface area contributed by atoms with Gasteiger partial charge in [0.2, 0.25) is 5.91 Å². The normalized spacial score (nSPS) is 16.8. The van der Waals surface area contributed by atoms with Gasteiger partial charge >= 0.3 is 0 Å². The highest BCUT2D eigenvalue weighted by Gasteiger charge is 2.27. The number of amides is 1. The number of aryl methyl sites for hydroxylation is 1. The lowest BCUT2D eigenvalue weighted by molar-refractivity contribution is -0.134. The van der Waals surface area contributed by atoms with Crippen LogP contribution in [0.5, 0.6) is 0 Å². The molecule has 6 heteroatoms. The van der Waals surface area contributed by atoms with E-state index in [1.165, 1.54) is 0 Å². The molecule has 1 aromatic heterocycles. The second-order valence-electron chi connectivity index (χ2n) is 6.84. The number of carbonyl (C=O) groups excluding carboxylic acids is 1. The number of piperidine rings is 1. The Labute approximate surface area is 148 Å². The van der Waals surface area contributed by atoms with Crippen LogP contribution in [0.15, 0.2) is 36.4 Å². The number of aliphatic hydroxyl groups is 1. The molecule has 0 aliphatic carbocycles. The number of benzene rings is 1. The van der Waals surface area contributed by atoms with E-state index in [-0.39, 0.29) is 24.5 Å². The van der Waals surface area contributed by atoms with Gasteiger partial charge in [0.25, 0.3) is 0 Å². The largest absolute Gasteiger partial charge is 0.392 e. The first kappa shape index (κ1) is 17.5. The third kappa shape index (κ3) is 4.39. The van der Waals surface area contributed by atoms with Gasteiger partial charge in [-0.1, -0.05) is 30.3 Å². The van der Waals surface area contributed by atoms with Crippen LogP contribution in [-0.2, 0) is 17.8 Å². The van der Waals surface area contributed by atoms with Crippen LogP contribution >= 0.6 is 0 Å². The van der Waals surface area contributed by atoms with Crippen LogP contribution < -0.4 is 5.73 Å². The molecular weight excluding hydrogens is 316 g/mol. The van der Waals surface area contributed by atoms with Crippen LogP contribution in [0, 0.1) is 12.8 Å². The highest BCUT2D eigenvalue weighted by molar-refractivity contribution is 5.76. The van der Waals surface area contributed by atoms with E-state index < -0.39 is 0 Å². The van der Waals surface area contributed by atoms with Crippen LogP contribution in [-0.4, -0.2) is 44.9 Å². The summed E-state index contributed by atoms with van der Waals surface area (Å²) in [4.78, 5) is 14.3. The van der Waals surface area contributed by atoms with Crippen molar-refractivity contribution in [3.8, 4) is 0 Å². The number of nitrogen functional groups attached to an aromatic ring is 1. The Hall–Kier alpha value is -2.34. The van der Waals surface area contributed by atoms with Gasteiger partial charge in [-0.3, -0.25) is 4.79 Å². The molecular formula is C19H26N4O2. The lowest BCUT2D eigenvalue weighted by Gasteiger charge is -2.34. The zero-order valence-electron chi connectivity index (χ0n) is 14.6. The Morgan fingerprint density at radius 3 is 2.60 bits per heavy atom. The van der Waals surface area contributed by atoms with E-state index in [1.54, 1.807) is 10.7 Å². The summed E-state index contributed by atoms with van der Waals surface area (Å²) in [6.45, 7) is 3.39. The Balaban J connectivity index is 1.49. The Morgan fingerprint density at radius 2 is 2.00 bits per heavy atom. The predicted octanol–water partition coefficient (Wildman–Crippen LogP) is 1.62. The molecule has 1 aliphatic rings. The summed E-state index contributed by atoms with van der Waals surface area (Å²) in [7, 11) is 0. The number of nitrogens with two attached hydrogens (primary N) is 1. The van der Waals surface area contributed by atoms with Gasteiger partial charge in [0.1, 0.15) is 12.4 Å². The summed E-state index contributed by atoms with van der Waals surface area (Å²) in [5.41, 5.74) is 7.81. The van der Waals surface area contributed by atoms with Crippen molar-refractivity contribution < 1.29 is 9.90 Å². The molecule has 1 aromatic carbocycles. The molecule has 1 aliphatic heterocycles. The maximum atomic E-state index is 12.4. The van der Waals surface area contributed by atoms with Gasteiger partial charge in [-0.05, 0) is 37.7 Å². The van der Waals surface area contributed by atoms with Crippen molar-refractivity contribution >= 4 is 11.7 Å². The fraction of sp³-hybridized carbons (Fsp3) is 0.474. The number of hydrogen-bond acceptors (Lipinski definition) is 4. The third-order valence-corrected chi connectivity index (χ3v) is 4.94. The second-order valence-corrected chi connectivity index (χ2v) is 6.84. The maximum Gasteiger partial charge on any atom is 0.244 e. The van der Waals surface area contributed by atoms with Crippen LogP contribution in [0.25, 0.3) is 0 Å². The highest BCUT2D eigenvalue weighted by Crippen LogP contribution is 2.23. The summed E-state index contributed by atoms with van der Waals surface area (Å²) in [5.74, 6) is 0.783. The van der Waals surface area contributed by atoms with E-state index in [0.717, 1.165) is 24.1 Å². The number of carbonyl (C=O) groups is 1. The molecule has 6 nitrogen and oxygen atoms in total. The third-order valence-electron chi connectivity index (χ3n) is 4.94. The van der Waals surface area contributed by atoms with E-state index in [0.29, 0.717) is 25.3 Å². The molecule has 2 heterocycles. The van der Waals surface area contributed by atoms with Crippen LogP contribution in [0.4, 0.5) is 5.82 Å². The van der Waals surface area contributed by atoms with Gasteiger partial charge in [0.15, 0.2) is 0 Å². The molecule has 0 unspecified atom stereocenters. The van der Waals surface area contributed by atoms with Gasteiger partial charge < -0.3 is 15.7 Å².